The van der Waals surface area contributed by atoms with Crippen LogP contribution >= 0.6 is 23.2 Å². The molecule has 1 aliphatic heterocycles. The Hall–Kier alpha value is -1.92. The molecule has 2 rings (SSSR count). The third-order valence-corrected chi connectivity index (χ3v) is 3.99. The second-order valence-corrected chi connectivity index (χ2v) is 6.03. The molecule has 0 aliphatic carbocycles. The van der Waals surface area contributed by atoms with Gasteiger partial charge in [0.15, 0.2) is 5.54 Å². The summed E-state index contributed by atoms with van der Waals surface area (Å²) in [7, 11) is 0. The fraction of sp³-hybridized carbons (Fsp3) is 0.375. The molecular weight excluding hydrogens is 355 g/mol. The summed E-state index contributed by atoms with van der Waals surface area (Å²) in [5.41, 5.74) is 2.22. The van der Waals surface area contributed by atoms with Crippen LogP contribution in [0, 0.1) is 0 Å². The zero-order valence-electron chi connectivity index (χ0n) is 13.6. The van der Waals surface area contributed by atoms with Gasteiger partial charge in [-0.2, -0.15) is 0 Å². The van der Waals surface area contributed by atoms with E-state index >= 15 is 0 Å². The number of ether oxygens (including phenoxy) is 2. The number of anilines is 1. The standard InChI is InChI=1S/C16H18Cl2N2O4/c1-4-23-14(21)12-9-16(3,15(22)24-5-2)20(19-12)13-7-6-10(17)8-11(13)18/h6-9,19H,4-5H2,1-3H3. The number of carbonyl (C=O) groups is 2. The number of benzene rings is 1. The molecule has 1 atom stereocenters. The summed E-state index contributed by atoms with van der Waals surface area (Å²) in [5, 5.41) is 2.25. The van der Waals surface area contributed by atoms with Gasteiger partial charge in [-0.05, 0) is 45.0 Å². The Balaban J connectivity index is 2.45. The summed E-state index contributed by atoms with van der Waals surface area (Å²) < 4.78 is 10.1. The summed E-state index contributed by atoms with van der Waals surface area (Å²) in [4.78, 5) is 24.5. The van der Waals surface area contributed by atoms with Gasteiger partial charge in [-0.15, -0.1) is 0 Å². The minimum Gasteiger partial charge on any atom is -0.464 e. The number of nitrogens with zero attached hydrogens (tertiary/aromatic N) is 1. The molecule has 6 nitrogen and oxygen atoms in total. The van der Waals surface area contributed by atoms with Crippen LogP contribution in [0.25, 0.3) is 0 Å². The normalized spacial score (nSPS) is 19.5. The Labute approximate surface area is 150 Å². The third kappa shape index (κ3) is 3.44. The van der Waals surface area contributed by atoms with Gasteiger partial charge >= 0.3 is 11.9 Å². The van der Waals surface area contributed by atoms with Crippen molar-refractivity contribution in [3.8, 4) is 0 Å². The molecule has 1 aliphatic rings. The molecule has 1 unspecified atom stereocenters. The first kappa shape index (κ1) is 18.4. The lowest BCUT2D eigenvalue weighted by molar-refractivity contribution is -0.147. The fourth-order valence-electron chi connectivity index (χ4n) is 2.33. The van der Waals surface area contributed by atoms with E-state index in [4.69, 9.17) is 32.7 Å². The predicted molar refractivity (Wildman–Crippen MR) is 91.8 cm³/mol. The van der Waals surface area contributed by atoms with Crippen LogP contribution < -0.4 is 10.4 Å². The fourth-order valence-corrected chi connectivity index (χ4v) is 2.82. The van der Waals surface area contributed by atoms with Crippen molar-refractivity contribution < 1.29 is 19.1 Å². The van der Waals surface area contributed by atoms with Crippen LogP contribution in [0.1, 0.15) is 20.8 Å². The number of rotatable bonds is 5. The van der Waals surface area contributed by atoms with Gasteiger partial charge in [-0.3, -0.25) is 10.4 Å². The topological polar surface area (TPSA) is 67.9 Å². The Bertz CT molecular complexity index is 693. The molecule has 0 amide bonds. The molecule has 1 heterocycles. The maximum absolute atomic E-state index is 12.5. The average molecular weight is 373 g/mol. The van der Waals surface area contributed by atoms with Crippen molar-refractivity contribution in [1.82, 2.24) is 5.43 Å². The van der Waals surface area contributed by atoms with Gasteiger partial charge in [0.25, 0.3) is 0 Å². The van der Waals surface area contributed by atoms with Gasteiger partial charge in [-0.25, -0.2) is 9.59 Å². The average Bonchev–Trinajstić information content (AvgIpc) is 2.87. The smallest absolute Gasteiger partial charge is 0.355 e. The van der Waals surface area contributed by atoms with Gasteiger partial charge in [0, 0.05) is 5.02 Å². The van der Waals surface area contributed by atoms with Crippen molar-refractivity contribution >= 4 is 40.8 Å². The number of hydrogen-bond acceptors (Lipinski definition) is 6. The minimum absolute atomic E-state index is 0.137. The molecule has 1 aromatic carbocycles. The van der Waals surface area contributed by atoms with Gasteiger partial charge < -0.3 is 9.47 Å². The summed E-state index contributed by atoms with van der Waals surface area (Å²) >= 11 is 12.2. The van der Waals surface area contributed by atoms with Crippen LogP contribution in [0.2, 0.25) is 10.0 Å². The Morgan fingerprint density at radius 3 is 2.46 bits per heavy atom. The lowest BCUT2D eigenvalue weighted by Crippen LogP contribution is -2.53. The van der Waals surface area contributed by atoms with Crippen molar-refractivity contribution in [2.45, 2.75) is 26.3 Å². The van der Waals surface area contributed by atoms with E-state index in [1.54, 1.807) is 39.0 Å². The molecule has 0 saturated carbocycles. The zero-order chi connectivity index (χ0) is 17.9. The molecule has 1 N–H and O–H groups in total. The zero-order valence-corrected chi connectivity index (χ0v) is 15.1. The van der Waals surface area contributed by atoms with Crippen molar-refractivity contribution in [1.29, 1.82) is 0 Å². The highest BCUT2D eigenvalue weighted by Gasteiger charge is 2.47. The SMILES string of the molecule is CCOC(=O)C1=CC(C)(C(=O)OCC)N(c2ccc(Cl)cc2Cl)N1. The van der Waals surface area contributed by atoms with E-state index in [0.29, 0.717) is 15.7 Å². The predicted octanol–water partition coefficient (Wildman–Crippen LogP) is 3.09. The number of carbonyl (C=O) groups excluding carboxylic acids is 2. The molecule has 0 saturated heterocycles. The van der Waals surface area contributed by atoms with E-state index in [-0.39, 0.29) is 18.9 Å². The highest BCUT2D eigenvalue weighted by atomic mass is 35.5. The van der Waals surface area contributed by atoms with Crippen LogP contribution in [-0.2, 0) is 19.1 Å². The van der Waals surface area contributed by atoms with Crippen molar-refractivity contribution in [3.05, 3.63) is 40.0 Å². The summed E-state index contributed by atoms with van der Waals surface area (Å²) in [6.07, 6.45) is 1.47. The van der Waals surface area contributed by atoms with Crippen LogP contribution in [0.15, 0.2) is 30.0 Å². The monoisotopic (exact) mass is 372 g/mol. The summed E-state index contributed by atoms with van der Waals surface area (Å²) in [5.74, 6) is -1.09. The van der Waals surface area contributed by atoms with Crippen LogP contribution in [0.5, 0.6) is 0 Å². The summed E-state index contributed by atoms with van der Waals surface area (Å²) in [6, 6.07) is 4.84. The maximum Gasteiger partial charge on any atom is 0.355 e. The Morgan fingerprint density at radius 1 is 1.21 bits per heavy atom. The lowest BCUT2D eigenvalue weighted by Gasteiger charge is -2.34. The Kier molecular flexibility index (Phi) is 5.62. The number of hydrogen-bond donors (Lipinski definition) is 1. The number of nitrogens with one attached hydrogen (secondary N) is 1. The van der Waals surface area contributed by atoms with Crippen LogP contribution in [0.4, 0.5) is 5.69 Å². The van der Waals surface area contributed by atoms with Gasteiger partial charge in [0.1, 0.15) is 5.70 Å². The first-order valence-corrected chi connectivity index (χ1v) is 8.18. The minimum atomic E-state index is -1.27. The number of hydrazine groups is 1. The van der Waals surface area contributed by atoms with E-state index in [0.717, 1.165) is 0 Å². The second-order valence-electron chi connectivity index (χ2n) is 5.19. The molecule has 8 heteroatoms. The maximum atomic E-state index is 12.5. The van der Waals surface area contributed by atoms with E-state index in [1.165, 1.54) is 11.1 Å². The quantitative estimate of drug-likeness (QED) is 0.801. The molecule has 0 fully saturated rings. The van der Waals surface area contributed by atoms with E-state index in [2.05, 4.69) is 5.43 Å². The molecule has 0 aromatic heterocycles. The molecule has 0 radical (unpaired) electrons. The van der Waals surface area contributed by atoms with Crippen molar-refractivity contribution in [2.24, 2.45) is 0 Å². The van der Waals surface area contributed by atoms with E-state index in [1.807, 2.05) is 0 Å². The first-order valence-electron chi connectivity index (χ1n) is 7.42. The first-order chi connectivity index (χ1) is 11.3. The number of halogens is 2. The summed E-state index contributed by atoms with van der Waals surface area (Å²) in [6.45, 7) is 5.45. The molecule has 130 valence electrons. The highest BCUT2D eigenvalue weighted by molar-refractivity contribution is 6.36. The second kappa shape index (κ2) is 7.32. The highest BCUT2D eigenvalue weighted by Crippen LogP contribution is 2.36. The lowest BCUT2D eigenvalue weighted by atomic mass is 10.0. The molecular formula is C16H18Cl2N2O4. The van der Waals surface area contributed by atoms with Crippen LogP contribution in [-0.4, -0.2) is 30.7 Å². The van der Waals surface area contributed by atoms with Gasteiger partial charge in [0.2, 0.25) is 0 Å². The van der Waals surface area contributed by atoms with Gasteiger partial charge in [-0.1, -0.05) is 23.2 Å². The van der Waals surface area contributed by atoms with Crippen molar-refractivity contribution in [3.63, 3.8) is 0 Å². The molecule has 24 heavy (non-hydrogen) atoms. The van der Waals surface area contributed by atoms with Crippen molar-refractivity contribution in [2.75, 3.05) is 18.2 Å². The van der Waals surface area contributed by atoms with Gasteiger partial charge in [0.05, 0.1) is 23.9 Å². The molecule has 0 bridgehead atoms. The number of esters is 2. The molecule has 1 aromatic rings. The third-order valence-electron chi connectivity index (χ3n) is 3.46. The Morgan fingerprint density at radius 2 is 1.88 bits per heavy atom. The molecule has 0 spiro atoms. The van der Waals surface area contributed by atoms with E-state index in [9.17, 15) is 9.59 Å². The van der Waals surface area contributed by atoms with E-state index < -0.39 is 17.5 Å². The largest absolute Gasteiger partial charge is 0.464 e. The van der Waals surface area contributed by atoms with Crippen LogP contribution in [0.3, 0.4) is 0 Å².